The Bertz CT molecular complexity index is 583. The summed E-state index contributed by atoms with van der Waals surface area (Å²) in [6.07, 6.45) is 1.69. The minimum atomic E-state index is -0.294. The van der Waals surface area contributed by atoms with E-state index in [0.717, 1.165) is 27.2 Å². The zero-order valence-corrected chi connectivity index (χ0v) is 15.1. The average Bonchev–Trinajstić information content (AvgIpc) is 2.85. The van der Waals surface area contributed by atoms with Gasteiger partial charge in [-0.3, -0.25) is 0 Å². The molecule has 0 fully saturated rings. The summed E-state index contributed by atoms with van der Waals surface area (Å²) < 4.78 is 6.24. The Morgan fingerprint density at radius 1 is 1.48 bits per heavy atom. The maximum atomic E-state index is 12.4. The number of esters is 1. The summed E-state index contributed by atoms with van der Waals surface area (Å²) in [6, 6.07) is 3.70. The number of ether oxygens (including phenoxy) is 1. The van der Waals surface area contributed by atoms with Gasteiger partial charge >= 0.3 is 5.97 Å². The molecule has 0 bridgehead atoms. The third-order valence-electron chi connectivity index (χ3n) is 3.03. The van der Waals surface area contributed by atoms with E-state index in [1.807, 2.05) is 19.1 Å². The summed E-state index contributed by atoms with van der Waals surface area (Å²) in [5, 5.41) is 6.82. The zero-order valence-electron chi connectivity index (χ0n) is 11.9. The number of hydrogen-bond acceptors (Lipinski definition) is 4. The first-order valence-electron chi connectivity index (χ1n) is 6.79. The van der Waals surface area contributed by atoms with Crippen LogP contribution in [-0.4, -0.2) is 17.7 Å². The number of halogens is 1. The van der Waals surface area contributed by atoms with Gasteiger partial charge in [0.1, 0.15) is 0 Å². The Morgan fingerprint density at radius 2 is 2.24 bits per heavy atom. The highest BCUT2D eigenvalue weighted by molar-refractivity contribution is 9.11. The van der Waals surface area contributed by atoms with E-state index < -0.39 is 0 Å². The smallest absolute Gasteiger partial charge is 0.338 e. The second-order valence-corrected chi connectivity index (χ2v) is 7.44. The van der Waals surface area contributed by atoms with Crippen molar-refractivity contribution in [2.24, 2.45) is 0 Å². The van der Waals surface area contributed by atoms with Gasteiger partial charge < -0.3 is 15.4 Å². The minimum Gasteiger partial charge on any atom is -0.463 e. The molecule has 0 spiro atoms. The first-order chi connectivity index (χ1) is 10.1. The molecule has 0 saturated carbocycles. The molecule has 1 aliphatic rings. The Labute approximate surface area is 142 Å². The largest absolute Gasteiger partial charge is 0.463 e. The van der Waals surface area contributed by atoms with Crippen LogP contribution in [0.1, 0.15) is 37.6 Å². The number of carbonyl (C=O) groups excluding carboxylic acids is 1. The van der Waals surface area contributed by atoms with Gasteiger partial charge in [0.2, 0.25) is 0 Å². The molecule has 21 heavy (non-hydrogen) atoms. The van der Waals surface area contributed by atoms with Gasteiger partial charge in [-0.1, -0.05) is 13.3 Å². The van der Waals surface area contributed by atoms with Gasteiger partial charge in [0.05, 0.1) is 22.0 Å². The molecule has 1 aromatic rings. The molecule has 2 N–H and O–H groups in total. The van der Waals surface area contributed by atoms with Crippen LogP contribution in [0.2, 0.25) is 0 Å². The number of allylic oxidation sites excluding steroid dienone is 1. The maximum absolute atomic E-state index is 12.4. The van der Waals surface area contributed by atoms with Gasteiger partial charge in [0, 0.05) is 10.6 Å². The van der Waals surface area contributed by atoms with Crippen LogP contribution in [-0.2, 0) is 9.53 Å². The SMILES string of the molecule is CCCC1=C(C(=O)OCC)[C@H](c2ccc(Br)s2)NC(=S)N1. The van der Waals surface area contributed by atoms with E-state index in [2.05, 4.69) is 33.5 Å². The molecule has 0 aliphatic carbocycles. The Morgan fingerprint density at radius 3 is 2.81 bits per heavy atom. The lowest BCUT2D eigenvalue weighted by Crippen LogP contribution is -2.45. The Balaban J connectivity index is 2.45. The third kappa shape index (κ3) is 3.84. The van der Waals surface area contributed by atoms with Crippen molar-refractivity contribution >= 4 is 50.6 Å². The minimum absolute atomic E-state index is 0.254. The van der Waals surface area contributed by atoms with Crippen molar-refractivity contribution in [2.75, 3.05) is 6.61 Å². The normalized spacial score (nSPS) is 18.2. The summed E-state index contributed by atoms with van der Waals surface area (Å²) in [4.78, 5) is 13.4. The van der Waals surface area contributed by atoms with E-state index in [4.69, 9.17) is 17.0 Å². The Kier molecular flexibility index (Phi) is 5.78. The second kappa shape index (κ2) is 7.38. The lowest BCUT2D eigenvalue weighted by Gasteiger charge is -2.30. The first kappa shape index (κ1) is 16.5. The van der Waals surface area contributed by atoms with Crippen LogP contribution < -0.4 is 10.6 Å². The highest BCUT2D eigenvalue weighted by atomic mass is 79.9. The van der Waals surface area contributed by atoms with E-state index in [0.29, 0.717) is 17.3 Å². The molecule has 1 aliphatic heterocycles. The van der Waals surface area contributed by atoms with Gasteiger partial charge in [-0.25, -0.2) is 4.79 Å². The fourth-order valence-electron chi connectivity index (χ4n) is 2.21. The molecule has 4 nitrogen and oxygen atoms in total. The monoisotopic (exact) mass is 388 g/mol. The summed E-state index contributed by atoms with van der Waals surface area (Å²) in [5.74, 6) is -0.294. The lowest BCUT2D eigenvalue weighted by molar-refractivity contribution is -0.139. The fraction of sp³-hybridized carbons (Fsp3) is 0.429. The van der Waals surface area contributed by atoms with Crippen molar-refractivity contribution in [2.45, 2.75) is 32.7 Å². The molecule has 2 heterocycles. The van der Waals surface area contributed by atoms with Crippen LogP contribution in [0.3, 0.4) is 0 Å². The molecule has 2 rings (SSSR count). The molecule has 1 atom stereocenters. The van der Waals surface area contributed by atoms with Crippen molar-refractivity contribution in [1.29, 1.82) is 0 Å². The maximum Gasteiger partial charge on any atom is 0.338 e. The standard InChI is InChI=1S/C14H17BrN2O2S2/c1-3-5-8-11(13(18)19-4-2)12(17-14(20)16-8)9-6-7-10(15)21-9/h6-7,12H,3-5H2,1-2H3,(H2,16,17,20)/t12-/m0/s1. The van der Waals surface area contributed by atoms with Crippen LogP contribution >= 0.6 is 39.5 Å². The van der Waals surface area contributed by atoms with Crippen molar-refractivity contribution in [3.05, 3.63) is 32.1 Å². The molecule has 0 unspecified atom stereocenters. The van der Waals surface area contributed by atoms with Gasteiger partial charge in [-0.2, -0.15) is 0 Å². The number of rotatable bonds is 5. The molecule has 0 saturated heterocycles. The van der Waals surface area contributed by atoms with Crippen LogP contribution in [0, 0.1) is 0 Å². The van der Waals surface area contributed by atoms with Crippen molar-refractivity contribution in [3.63, 3.8) is 0 Å². The highest BCUT2D eigenvalue weighted by Crippen LogP contribution is 2.35. The van der Waals surface area contributed by atoms with Crippen LogP contribution in [0.25, 0.3) is 0 Å². The van der Waals surface area contributed by atoms with E-state index >= 15 is 0 Å². The lowest BCUT2D eigenvalue weighted by atomic mass is 9.99. The van der Waals surface area contributed by atoms with Crippen LogP contribution in [0.5, 0.6) is 0 Å². The molecule has 1 aromatic heterocycles. The second-order valence-electron chi connectivity index (χ2n) is 4.54. The van der Waals surface area contributed by atoms with Crippen LogP contribution in [0.15, 0.2) is 27.2 Å². The van der Waals surface area contributed by atoms with Gasteiger partial charge in [-0.15, -0.1) is 11.3 Å². The van der Waals surface area contributed by atoms with Crippen molar-refractivity contribution < 1.29 is 9.53 Å². The first-order valence-corrected chi connectivity index (χ1v) is 8.81. The number of carbonyl (C=O) groups is 1. The zero-order chi connectivity index (χ0) is 15.4. The molecule has 7 heteroatoms. The fourth-order valence-corrected chi connectivity index (χ4v) is 3.94. The predicted molar refractivity (Wildman–Crippen MR) is 92.2 cm³/mol. The van der Waals surface area contributed by atoms with E-state index in [1.54, 1.807) is 11.3 Å². The van der Waals surface area contributed by atoms with E-state index in [1.165, 1.54) is 0 Å². The molecular formula is C14H17BrN2O2S2. The molecule has 0 aromatic carbocycles. The van der Waals surface area contributed by atoms with Crippen molar-refractivity contribution in [3.8, 4) is 0 Å². The summed E-state index contributed by atoms with van der Waals surface area (Å²) in [7, 11) is 0. The van der Waals surface area contributed by atoms with Gasteiger partial charge in [-0.05, 0) is 53.6 Å². The van der Waals surface area contributed by atoms with Gasteiger partial charge in [0.15, 0.2) is 5.11 Å². The number of thiophene rings is 1. The number of nitrogens with one attached hydrogen (secondary N) is 2. The third-order valence-corrected chi connectivity index (χ3v) is 4.94. The number of thiocarbonyl (C=S) groups is 1. The quantitative estimate of drug-likeness (QED) is 0.595. The van der Waals surface area contributed by atoms with Crippen LogP contribution in [0.4, 0.5) is 0 Å². The molecular weight excluding hydrogens is 372 g/mol. The number of hydrogen-bond donors (Lipinski definition) is 2. The average molecular weight is 389 g/mol. The highest BCUT2D eigenvalue weighted by Gasteiger charge is 2.32. The molecule has 0 radical (unpaired) electrons. The molecule has 114 valence electrons. The topological polar surface area (TPSA) is 50.4 Å². The predicted octanol–water partition coefficient (Wildman–Crippen LogP) is 3.65. The van der Waals surface area contributed by atoms with E-state index in [-0.39, 0.29) is 12.0 Å². The molecule has 0 amide bonds. The van der Waals surface area contributed by atoms with E-state index in [9.17, 15) is 4.79 Å². The van der Waals surface area contributed by atoms with Gasteiger partial charge in [0.25, 0.3) is 0 Å². The summed E-state index contributed by atoms with van der Waals surface area (Å²) in [5.41, 5.74) is 1.48. The summed E-state index contributed by atoms with van der Waals surface area (Å²) in [6.45, 7) is 4.23. The van der Waals surface area contributed by atoms with Crippen molar-refractivity contribution in [1.82, 2.24) is 10.6 Å². The Hall–Kier alpha value is -0.920. The summed E-state index contributed by atoms with van der Waals surface area (Å²) >= 11 is 10.3.